The van der Waals surface area contributed by atoms with E-state index in [2.05, 4.69) is 17.9 Å². The van der Waals surface area contributed by atoms with Crippen LogP contribution in [0.4, 0.5) is 0 Å². The van der Waals surface area contributed by atoms with E-state index in [4.69, 9.17) is 0 Å². The zero-order valence-electron chi connectivity index (χ0n) is 3.26. The molecule has 0 spiro atoms. The summed E-state index contributed by atoms with van der Waals surface area (Å²) in [6.07, 6.45) is 0. The summed E-state index contributed by atoms with van der Waals surface area (Å²) < 4.78 is 0.0694. The van der Waals surface area contributed by atoms with Crippen LogP contribution >= 0.6 is 34.2 Å². The van der Waals surface area contributed by atoms with Gasteiger partial charge in [0.05, 0.1) is 0 Å². The molecule has 6 heavy (non-hydrogen) atoms. The van der Waals surface area contributed by atoms with E-state index in [-0.39, 0.29) is 3.54 Å². The molecule has 0 unspecified atom stereocenters. The molecule has 1 rings (SSSR count). The minimum atomic E-state index is 0.0694. The summed E-state index contributed by atoms with van der Waals surface area (Å²) in [6, 6.07) is 0. The third-order valence-corrected chi connectivity index (χ3v) is 4.46. The molecule has 0 aliphatic carbocycles. The van der Waals surface area contributed by atoms with E-state index in [0.29, 0.717) is 0 Å². The fourth-order valence-corrected chi connectivity index (χ4v) is 1.44. The van der Waals surface area contributed by atoms with Crippen LogP contribution in [0.25, 0.3) is 0 Å². The standard InChI is InChI=1S/C2H5NS3/c1-3-2(4)5-6-2/h3-4H,1H3. The first kappa shape index (κ1) is 5.15. The first-order valence-corrected chi connectivity index (χ1v) is 4.15. The topological polar surface area (TPSA) is 12.0 Å². The fourth-order valence-electron chi connectivity index (χ4n) is 0.123. The van der Waals surface area contributed by atoms with Crippen LogP contribution < -0.4 is 5.32 Å². The summed E-state index contributed by atoms with van der Waals surface area (Å²) in [4.78, 5) is 0. The van der Waals surface area contributed by atoms with Gasteiger partial charge in [-0.05, 0) is 28.6 Å². The van der Waals surface area contributed by atoms with Gasteiger partial charge in [-0.15, -0.1) is 12.6 Å². The molecule has 1 saturated heterocycles. The second-order valence-corrected chi connectivity index (χ2v) is 5.09. The molecule has 0 aromatic rings. The second-order valence-electron chi connectivity index (χ2n) is 0.999. The second kappa shape index (κ2) is 1.51. The Morgan fingerprint density at radius 1 is 1.67 bits per heavy atom. The molecule has 0 radical (unpaired) electrons. The van der Waals surface area contributed by atoms with Crippen molar-refractivity contribution < 1.29 is 0 Å². The van der Waals surface area contributed by atoms with E-state index in [1.54, 1.807) is 21.6 Å². The normalized spacial score (nSPS) is 27.0. The van der Waals surface area contributed by atoms with Crippen LogP contribution in [-0.2, 0) is 0 Å². The van der Waals surface area contributed by atoms with Crippen molar-refractivity contribution in [1.82, 2.24) is 5.32 Å². The monoisotopic (exact) mass is 139 g/mol. The Hall–Kier alpha value is 1.01. The molecular weight excluding hydrogens is 134 g/mol. The lowest BCUT2D eigenvalue weighted by Gasteiger charge is -1.94. The van der Waals surface area contributed by atoms with Gasteiger partial charge in [0.25, 0.3) is 0 Å². The number of thiol groups is 1. The summed E-state index contributed by atoms with van der Waals surface area (Å²) in [6.45, 7) is 0. The summed E-state index contributed by atoms with van der Waals surface area (Å²) >= 11 is 4.18. The average molecular weight is 139 g/mol. The number of nitrogens with one attached hydrogen (secondary N) is 1. The van der Waals surface area contributed by atoms with Gasteiger partial charge in [-0.3, -0.25) is 5.32 Å². The van der Waals surface area contributed by atoms with Crippen molar-refractivity contribution in [2.24, 2.45) is 0 Å². The van der Waals surface area contributed by atoms with Crippen molar-refractivity contribution >= 4 is 34.2 Å². The van der Waals surface area contributed by atoms with Gasteiger partial charge < -0.3 is 0 Å². The molecule has 0 saturated carbocycles. The molecule has 0 amide bonds. The molecule has 1 heterocycles. The minimum absolute atomic E-state index is 0.0694. The van der Waals surface area contributed by atoms with Crippen LogP contribution in [0.3, 0.4) is 0 Å². The van der Waals surface area contributed by atoms with Crippen LogP contribution in [0.2, 0.25) is 0 Å². The number of hydrogen-bond donors (Lipinski definition) is 2. The van der Waals surface area contributed by atoms with Crippen LogP contribution in [-0.4, -0.2) is 10.6 Å². The largest absolute Gasteiger partial charge is 0.288 e. The van der Waals surface area contributed by atoms with Crippen molar-refractivity contribution in [2.75, 3.05) is 7.05 Å². The maximum absolute atomic E-state index is 4.18. The third-order valence-electron chi connectivity index (χ3n) is 0.557. The Morgan fingerprint density at radius 2 is 2.17 bits per heavy atom. The van der Waals surface area contributed by atoms with Gasteiger partial charge in [0.2, 0.25) is 0 Å². The summed E-state index contributed by atoms with van der Waals surface area (Å²) in [7, 11) is 5.38. The zero-order valence-corrected chi connectivity index (χ0v) is 5.79. The molecule has 1 aliphatic rings. The van der Waals surface area contributed by atoms with Gasteiger partial charge >= 0.3 is 0 Å². The first-order valence-electron chi connectivity index (χ1n) is 1.55. The van der Waals surface area contributed by atoms with E-state index >= 15 is 0 Å². The quantitative estimate of drug-likeness (QED) is 0.245. The molecule has 1 fully saturated rings. The van der Waals surface area contributed by atoms with Crippen LogP contribution in [0.5, 0.6) is 0 Å². The van der Waals surface area contributed by atoms with Crippen molar-refractivity contribution in [1.29, 1.82) is 0 Å². The van der Waals surface area contributed by atoms with Crippen molar-refractivity contribution in [3.63, 3.8) is 0 Å². The molecule has 1 aliphatic heterocycles. The highest BCUT2D eigenvalue weighted by Crippen LogP contribution is 2.64. The predicted molar refractivity (Wildman–Crippen MR) is 36.0 cm³/mol. The Balaban J connectivity index is 2.28. The lowest BCUT2D eigenvalue weighted by molar-refractivity contribution is 0.917. The van der Waals surface area contributed by atoms with E-state index in [9.17, 15) is 0 Å². The smallest absolute Gasteiger partial charge is 0.176 e. The van der Waals surface area contributed by atoms with E-state index in [1.165, 1.54) is 0 Å². The molecule has 36 valence electrons. The SMILES string of the molecule is CNC1(S)SS1. The summed E-state index contributed by atoms with van der Waals surface area (Å²) in [5.74, 6) is 0. The lowest BCUT2D eigenvalue weighted by atomic mass is 11.2. The molecule has 1 N–H and O–H groups in total. The fraction of sp³-hybridized carbons (Fsp3) is 1.00. The van der Waals surface area contributed by atoms with E-state index in [1.807, 2.05) is 7.05 Å². The molecule has 0 aromatic heterocycles. The highest BCUT2D eigenvalue weighted by molar-refractivity contribution is 8.97. The molecule has 4 heteroatoms. The third kappa shape index (κ3) is 0.992. The first-order chi connectivity index (χ1) is 2.77. The molecule has 1 nitrogen and oxygen atoms in total. The van der Waals surface area contributed by atoms with Crippen molar-refractivity contribution in [3.8, 4) is 0 Å². The maximum atomic E-state index is 4.18. The van der Waals surface area contributed by atoms with Gasteiger partial charge in [-0.25, -0.2) is 0 Å². The maximum Gasteiger partial charge on any atom is 0.176 e. The summed E-state index contributed by atoms with van der Waals surface area (Å²) in [5.41, 5.74) is 0. The lowest BCUT2D eigenvalue weighted by Crippen LogP contribution is -2.16. The van der Waals surface area contributed by atoms with Gasteiger partial charge in [0.1, 0.15) is 0 Å². The molecular formula is C2H5NS3. The number of hydrogen-bond acceptors (Lipinski definition) is 4. The predicted octanol–water partition coefficient (Wildman–Crippen LogP) is 1.14. The zero-order chi connectivity index (χ0) is 4.62. The van der Waals surface area contributed by atoms with Gasteiger partial charge in [0.15, 0.2) is 3.54 Å². The van der Waals surface area contributed by atoms with Crippen molar-refractivity contribution in [3.05, 3.63) is 0 Å². The summed E-state index contributed by atoms with van der Waals surface area (Å²) in [5, 5.41) is 3.01. The highest BCUT2D eigenvalue weighted by atomic mass is 33.2. The van der Waals surface area contributed by atoms with E-state index in [0.717, 1.165) is 0 Å². The molecule has 0 atom stereocenters. The Labute approximate surface area is 50.4 Å². The van der Waals surface area contributed by atoms with Crippen LogP contribution in [0, 0.1) is 0 Å². The Kier molecular flexibility index (Phi) is 1.29. The Bertz CT molecular complexity index is 59.8. The van der Waals surface area contributed by atoms with Gasteiger partial charge in [-0.1, -0.05) is 0 Å². The van der Waals surface area contributed by atoms with E-state index < -0.39 is 0 Å². The average Bonchev–Trinajstić information content (AvgIpc) is 2.22. The number of rotatable bonds is 1. The van der Waals surface area contributed by atoms with Crippen LogP contribution in [0.15, 0.2) is 0 Å². The molecule has 0 bridgehead atoms. The highest BCUT2D eigenvalue weighted by Gasteiger charge is 2.40. The van der Waals surface area contributed by atoms with Gasteiger partial charge in [-0.2, -0.15) is 0 Å². The van der Waals surface area contributed by atoms with Crippen molar-refractivity contribution in [2.45, 2.75) is 3.54 Å². The minimum Gasteiger partial charge on any atom is -0.288 e. The van der Waals surface area contributed by atoms with Crippen LogP contribution in [0.1, 0.15) is 0 Å². The molecule has 0 aromatic carbocycles. The Morgan fingerprint density at radius 3 is 2.17 bits per heavy atom. The van der Waals surface area contributed by atoms with Gasteiger partial charge in [0, 0.05) is 0 Å².